The molecule has 1 saturated heterocycles. The maximum Gasteiger partial charge on any atom is 0.434 e. The van der Waals surface area contributed by atoms with Crippen molar-refractivity contribution < 1.29 is 13.6 Å². The van der Waals surface area contributed by atoms with Crippen LogP contribution in [-0.2, 0) is 0 Å². The lowest BCUT2D eigenvalue weighted by atomic mass is 9.98. The molecule has 0 bridgehead atoms. The minimum atomic E-state index is -0.609. The van der Waals surface area contributed by atoms with Crippen molar-refractivity contribution in [2.75, 3.05) is 18.4 Å². The summed E-state index contributed by atoms with van der Waals surface area (Å²) < 4.78 is 18.1. The molecule has 0 spiro atoms. The van der Waals surface area contributed by atoms with Crippen LogP contribution in [0.2, 0.25) is 5.02 Å². The Kier molecular flexibility index (Phi) is 4.33. The Morgan fingerprint density at radius 2 is 2.35 bits per heavy atom. The molecule has 9 heteroatoms. The second-order valence-corrected chi connectivity index (χ2v) is 5.70. The summed E-state index contributed by atoms with van der Waals surface area (Å²) in [7, 11) is 0. The number of nitrogens with one attached hydrogen (secondary N) is 2. The first-order valence-electron chi connectivity index (χ1n) is 7.09. The van der Waals surface area contributed by atoms with Gasteiger partial charge in [-0.2, -0.15) is 0 Å². The zero-order chi connectivity index (χ0) is 16.4. The molecule has 0 saturated carbocycles. The van der Waals surface area contributed by atoms with Crippen LogP contribution < -0.4 is 11.1 Å². The molecule has 1 aromatic carbocycles. The fourth-order valence-electron chi connectivity index (χ4n) is 2.56. The Bertz CT molecular complexity index is 775. The van der Waals surface area contributed by atoms with E-state index in [-0.39, 0.29) is 17.0 Å². The molecular formula is C14H14ClFN4O3. The normalized spacial score (nSPS) is 18.0. The van der Waals surface area contributed by atoms with Gasteiger partial charge in [0.15, 0.2) is 0 Å². The summed E-state index contributed by atoms with van der Waals surface area (Å²) >= 11 is 5.69. The van der Waals surface area contributed by atoms with Gasteiger partial charge in [0, 0.05) is 18.8 Å². The van der Waals surface area contributed by atoms with Crippen LogP contribution >= 0.6 is 11.6 Å². The fraction of sp³-hybridized carbons (Fsp3) is 0.357. The van der Waals surface area contributed by atoms with E-state index in [4.69, 9.17) is 16.0 Å². The first kappa shape index (κ1) is 15.5. The van der Waals surface area contributed by atoms with Crippen LogP contribution in [0, 0.1) is 5.82 Å². The van der Waals surface area contributed by atoms with Crippen molar-refractivity contribution in [3.63, 3.8) is 0 Å². The average molecular weight is 341 g/mol. The van der Waals surface area contributed by atoms with E-state index in [1.807, 2.05) is 0 Å². The number of rotatable bonds is 2. The second-order valence-electron chi connectivity index (χ2n) is 5.30. The van der Waals surface area contributed by atoms with Crippen LogP contribution in [0.1, 0.15) is 24.7 Å². The van der Waals surface area contributed by atoms with E-state index in [0.29, 0.717) is 24.7 Å². The second kappa shape index (κ2) is 6.41. The average Bonchev–Trinajstić information content (AvgIpc) is 2.98. The minimum absolute atomic E-state index is 0.0578. The maximum atomic E-state index is 13.1. The standard InChI is InChI=1S/C14H14ClFN4O3/c15-10-6-9(3-4-11(10)16)17-13(21)20-5-1-2-8(7-20)12-18-19-14(22)23-12/h3-4,6,8H,1-2,5,7H2,(H,17,21)(H,19,22). The van der Waals surface area contributed by atoms with Gasteiger partial charge in [0.1, 0.15) is 5.82 Å². The third-order valence-electron chi connectivity index (χ3n) is 3.68. The molecule has 0 aliphatic carbocycles. The molecule has 122 valence electrons. The molecule has 3 rings (SSSR count). The molecule has 1 unspecified atom stereocenters. The Morgan fingerprint density at radius 1 is 1.52 bits per heavy atom. The number of halogens is 2. The van der Waals surface area contributed by atoms with Crippen molar-refractivity contribution in [3.05, 3.63) is 45.5 Å². The largest absolute Gasteiger partial charge is 0.434 e. The highest BCUT2D eigenvalue weighted by atomic mass is 35.5. The monoisotopic (exact) mass is 340 g/mol. The van der Waals surface area contributed by atoms with E-state index in [1.165, 1.54) is 18.2 Å². The van der Waals surface area contributed by atoms with E-state index in [9.17, 15) is 14.0 Å². The number of H-pyrrole nitrogens is 1. The summed E-state index contributed by atoms with van der Waals surface area (Å²) in [6, 6.07) is 3.65. The molecule has 1 aliphatic rings. The van der Waals surface area contributed by atoms with Gasteiger partial charge in [0.05, 0.1) is 10.9 Å². The molecule has 23 heavy (non-hydrogen) atoms. The number of piperidine rings is 1. The van der Waals surface area contributed by atoms with Crippen molar-refractivity contribution in [2.24, 2.45) is 0 Å². The highest BCUT2D eigenvalue weighted by Gasteiger charge is 2.28. The van der Waals surface area contributed by atoms with Crippen LogP contribution in [0.4, 0.5) is 14.9 Å². The molecule has 2 amide bonds. The lowest BCUT2D eigenvalue weighted by Gasteiger charge is -2.31. The van der Waals surface area contributed by atoms with E-state index in [0.717, 1.165) is 12.8 Å². The van der Waals surface area contributed by atoms with Gasteiger partial charge in [0.25, 0.3) is 0 Å². The van der Waals surface area contributed by atoms with Gasteiger partial charge < -0.3 is 14.6 Å². The number of anilines is 1. The topological polar surface area (TPSA) is 91.2 Å². The first-order chi connectivity index (χ1) is 11.0. The Balaban J connectivity index is 1.67. The summed E-state index contributed by atoms with van der Waals surface area (Å²) in [5.74, 6) is -0.985. The number of amides is 2. The van der Waals surface area contributed by atoms with Gasteiger partial charge >= 0.3 is 11.8 Å². The Hall–Kier alpha value is -2.35. The lowest BCUT2D eigenvalue weighted by molar-refractivity contribution is 0.186. The van der Waals surface area contributed by atoms with Crippen LogP contribution in [-0.4, -0.2) is 34.2 Å². The number of carbonyl (C=O) groups is 1. The van der Waals surface area contributed by atoms with Crippen molar-refractivity contribution in [1.29, 1.82) is 0 Å². The van der Waals surface area contributed by atoms with Crippen molar-refractivity contribution in [3.8, 4) is 0 Å². The number of hydrogen-bond acceptors (Lipinski definition) is 4. The van der Waals surface area contributed by atoms with Crippen LogP contribution in [0.25, 0.3) is 0 Å². The van der Waals surface area contributed by atoms with E-state index in [2.05, 4.69) is 15.5 Å². The van der Waals surface area contributed by atoms with Gasteiger partial charge in [-0.1, -0.05) is 11.6 Å². The van der Waals surface area contributed by atoms with Gasteiger partial charge in [-0.25, -0.2) is 19.1 Å². The number of aromatic amines is 1. The van der Waals surface area contributed by atoms with Crippen LogP contribution in [0.5, 0.6) is 0 Å². The number of carbonyl (C=O) groups excluding carboxylic acids is 1. The molecule has 2 aromatic rings. The summed E-state index contributed by atoms with van der Waals surface area (Å²) in [5.41, 5.74) is 0.412. The smallest absolute Gasteiger partial charge is 0.392 e. The van der Waals surface area contributed by atoms with E-state index >= 15 is 0 Å². The third kappa shape index (κ3) is 3.53. The zero-order valence-corrected chi connectivity index (χ0v) is 12.8. The molecule has 1 aromatic heterocycles. The number of aromatic nitrogens is 2. The Labute approximate surface area is 135 Å². The summed E-state index contributed by atoms with van der Waals surface area (Å²) in [4.78, 5) is 24.9. The highest BCUT2D eigenvalue weighted by Crippen LogP contribution is 2.25. The van der Waals surface area contributed by atoms with Gasteiger partial charge in [-0.05, 0) is 31.0 Å². The van der Waals surface area contributed by atoms with Gasteiger partial charge in [0.2, 0.25) is 5.89 Å². The van der Waals surface area contributed by atoms with Crippen LogP contribution in [0.3, 0.4) is 0 Å². The summed E-state index contributed by atoms with van der Waals surface area (Å²) in [6.45, 7) is 0.959. The number of likely N-dealkylation sites (tertiary alicyclic amines) is 1. The van der Waals surface area contributed by atoms with Crippen molar-refractivity contribution >= 4 is 23.3 Å². The van der Waals surface area contributed by atoms with Gasteiger partial charge in [-0.15, -0.1) is 5.10 Å². The number of nitrogens with zero attached hydrogens (tertiary/aromatic N) is 2. The predicted molar refractivity (Wildman–Crippen MR) is 81.1 cm³/mol. The van der Waals surface area contributed by atoms with E-state index in [1.54, 1.807) is 4.90 Å². The minimum Gasteiger partial charge on any atom is -0.392 e. The van der Waals surface area contributed by atoms with E-state index < -0.39 is 11.6 Å². The molecule has 1 aliphatic heterocycles. The fourth-order valence-corrected chi connectivity index (χ4v) is 2.74. The summed E-state index contributed by atoms with van der Waals surface area (Å²) in [6.07, 6.45) is 1.54. The van der Waals surface area contributed by atoms with Crippen LogP contribution in [0.15, 0.2) is 27.4 Å². The molecule has 2 N–H and O–H groups in total. The van der Waals surface area contributed by atoms with Crippen molar-refractivity contribution in [2.45, 2.75) is 18.8 Å². The molecule has 0 radical (unpaired) electrons. The molecule has 2 heterocycles. The number of urea groups is 1. The zero-order valence-electron chi connectivity index (χ0n) is 12.0. The maximum absolute atomic E-state index is 13.1. The molecule has 1 fully saturated rings. The quantitative estimate of drug-likeness (QED) is 0.879. The Morgan fingerprint density at radius 3 is 3.04 bits per heavy atom. The molecule has 7 nitrogen and oxygen atoms in total. The molecule has 1 atom stereocenters. The lowest BCUT2D eigenvalue weighted by Crippen LogP contribution is -2.41. The third-order valence-corrected chi connectivity index (χ3v) is 3.97. The number of hydrogen-bond donors (Lipinski definition) is 2. The van der Waals surface area contributed by atoms with Crippen molar-refractivity contribution in [1.82, 2.24) is 15.1 Å². The SMILES string of the molecule is O=C(Nc1ccc(F)c(Cl)c1)N1CCCC(c2n[nH]c(=O)o2)C1. The first-order valence-corrected chi connectivity index (χ1v) is 7.47. The number of benzene rings is 1. The predicted octanol–water partition coefficient (Wildman–Crippen LogP) is 2.57. The van der Waals surface area contributed by atoms with Gasteiger partial charge in [-0.3, -0.25) is 0 Å². The molecular weight excluding hydrogens is 327 g/mol. The highest BCUT2D eigenvalue weighted by molar-refractivity contribution is 6.31. The summed E-state index contributed by atoms with van der Waals surface area (Å²) in [5, 5.41) is 8.65.